The minimum Gasteiger partial charge on any atom is -0.390 e. The van der Waals surface area contributed by atoms with E-state index in [0.29, 0.717) is 24.5 Å². The van der Waals surface area contributed by atoms with E-state index in [9.17, 15) is 14.7 Å². The van der Waals surface area contributed by atoms with Crippen molar-refractivity contribution in [2.45, 2.75) is 88.9 Å². The van der Waals surface area contributed by atoms with Crippen molar-refractivity contribution < 1.29 is 14.7 Å². The topological polar surface area (TPSA) is 85.8 Å². The van der Waals surface area contributed by atoms with E-state index >= 15 is 0 Å². The number of pyridine rings is 1. The molecule has 1 aliphatic carbocycles. The lowest BCUT2D eigenvalue weighted by atomic mass is 9.78. The molecule has 10 heteroatoms. The quantitative estimate of drug-likeness (QED) is 0.503. The van der Waals surface area contributed by atoms with Crippen molar-refractivity contribution >= 4 is 48.2 Å². The first-order valence-corrected chi connectivity index (χ1v) is 13.0. The Hall–Kier alpha value is -1.12. The maximum atomic E-state index is 13.7. The zero-order valence-electron chi connectivity index (χ0n) is 20.5. The molecule has 35 heavy (non-hydrogen) atoms. The van der Waals surface area contributed by atoms with E-state index in [-0.39, 0.29) is 42.5 Å². The van der Waals surface area contributed by atoms with Crippen LogP contribution in [0.15, 0.2) is 18.3 Å². The molecule has 3 heterocycles. The highest BCUT2D eigenvalue weighted by Crippen LogP contribution is 2.36. The fourth-order valence-electron chi connectivity index (χ4n) is 5.79. The van der Waals surface area contributed by atoms with Crippen LogP contribution in [0.2, 0.25) is 5.15 Å². The third-order valence-electron chi connectivity index (χ3n) is 7.85. The van der Waals surface area contributed by atoms with Gasteiger partial charge in [-0.15, -0.1) is 24.8 Å². The van der Waals surface area contributed by atoms with Crippen LogP contribution < -0.4 is 5.32 Å². The molecule has 0 aromatic carbocycles. The van der Waals surface area contributed by atoms with Crippen LogP contribution in [-0.2, 0) is 16.1 Å². The molecular weight excluding hydrogens is 511 g/mol. The minimum atomic E-state index is -0.818. The van der Waals surface area contributed by atoms with Gasteiger partial charge in [0, 0.05) is 32.4 Å². The summed E-state index contributed by atoms with van der Waals surface area (Å²) in [5, 5.41) is 14.5. The first-order valence-electron chi connectivity index (χ1n) is 12.6. The monoisotopic (exact) mass is 548 g/mol. The molecule has 3 fully saturated rings. The molecule has 2 amide bonds. The number of nitrogens with zero attached hydrogens (tertiary/aromatic N) is 3. The van der Waals surface area contributed by atoms with Crippen LogP contribution in [0.1, 0.15) is 70.3 Å². The number of piperidine rings is 1. The van der Waals surface area contributed by atoms with Gasteiger partial charge >= 0.3 is 0 Å². The van der Waals surface area contributed by atoms with Crippen LogP contribution in [-0.4, -0.2) is 69.0 Å². The molecule has 7 nitrogen and oxygen atoms in total. The van der Waals surface area contributed by atoms with Crippen molar-refractivity contribution in [3.8, 4) is 0 Å². The Bertz CT molecular complexity index is 828. The molecule has 0 unspecified atom stereocenters. The molecule has 1 aromatic heterocycles. The van der Waals surface area contributed by atoms with Crippen LogP contribution in [0.3, 0.4) is 0 Å². The van der Waals surface area contributed by atoms with Crippen molar-refractivity contribution in [2.75, 3.05) is 19.6 Å². The average Bonchev–Trinajstić information content (AvgIpc) is 2.84. The van der Waals surface area contributed by atoms with Gasteiger partial charge in [0.2, 0.25) is 11.8 Å². The lowest BCUT2D eigenvalue weighted by Crippen LogP contribution is -2.75. The van der Waals surface area contributed by atoms with E-state index in [0.717, 1.165) is 63.7 Å². The van der Waals surface area contributed by atoms with Gasteiger partial charge in [-0.05, 0) is 49.7 Å². The number of piperazine rings is 1. The predicted octanol–water partition coefficient (Wildman–Crippen LogP) is 3.98. The number of hydrogen-bond acceptors (Lipinski definition) is 5. The number of likely N-dealkylation sites (tertiary alicyclic amines) is 1. The van der Waals surface area contributed by atoms with Gasteiger partial charge in [0.05, 0.1) is 6.10 Å². The van der Waals surface area contributed by atoms with E-state index in [2.05, 4.69) is 22.1 Å². The number of hydrogen-bond donors (Lipinski definition) is 2. The van der Waals surface area contributed by atoms with E-state index in [1.165, 1.54) is 6.42 Å². The van der Waals surface area contributed by atoms with Crippen molar-refractivity contribution in [3.63, 3.8) is 0 Å². The molecule has 2 N–H and O–H groups in total. The van der Waals surface area contributed by atoms with Crippen LogP contribution in [0.5, 0.6) is 0 Å². The summed E-state index contributed by atoms with van der Waals surface area (Å²) < 4.78 is 0. The normalized spacial score (nSPS) is 23.9. The Kier molecular flexibility index (Phi) is 11.6. The SMILES string of the molecule is CCCCN1C(=O)[C@@H]([C@H](O)C2CCCCC2)NC(=O)C12CCN(Cc1ccc(Cl)nc1)CC2.Cl.Cl. The Morgan fingerprint density at radius 3 is 2.46 bits per heavy atom. The Morgan fingerprint density at radius 2 is 1.86 bits per heavy atom. The van der Waals surface area contributed by atoms with E-state index in [4.69, 9.17) is 11.6 Å². The summed E-state index contributed by atoms with van der Waals surface area (Å²) in [6.07, 6.45) is 9.18. The van der Waals surface area contributed by atoms with Gasteiger partial charge in [-0.1, -0.05) is 50.3 Å². The molecule has 4 rings (SSSR count). The average molecular weight is 550 g/mol. The number of carbonyl (C=O) groups is 2. The Balaban J connectivity index is 0.00000216. The van der Waals surface area contributed by atoms with E-state index in [1.54, 1.807) is 12.3 Å². The number of amides is 2. The lowest BCUT2D eigenvalue weighted by molar-refractivity contribution is -0.166. The number of halogens is 3. The van der Waals surface area contributed by atoms with Gasteiger partial charge in [-0.3, -0.25) is 14.5 Å². The van der Waals surface area contributed by atoms with E-state index < -0.39 is 17.7 Å². The molecular formula is C25H39Cl3N4O3. The zero-order chi connectivity index (χ0) is 23.4. The maximum absolute atomic E-state index is 13.7. The number of aromatic nitrogens is 1. The van der Waals surface area contributed by atoms with Crippen molar-refractivity contribution in [1.82, 2.24) is 20.1 Å². The molecule has 1 saturated carbocycles. The maximum Gasteiger partial charge on any atom is 0.248 e. The fourth-order valence-corrected chi connectivity index (χ4v) is 5.91. The standard InChI is InChI=1S/C25H37ClN4O3.2ClH/c1-2-3-13-30-23(32)21(22(31)19-7-5-4-6-8-19)28-24(33)25(30)11-14-29(15-12-25)17-18-9-10-20(26)27-16-18;;/h9-10,16,19,21-22,31H,2-8,11-15,17H2,1H3,(H,28,33);2*1H/t21-,22-;;/m1../s1. The smallest absolute Gasteiger partial charge is 0.248 e. The number of carbonyl (C=O) groups excluding carboxylic acids is 2. The molecule has 3 aliphatic rings. The molecule has 1 spiro atoms. The minimum absolute atomic E-state index is 0. The summed E-state index contributed by atoms with van der Waals surface area (Å²) in [4.78, 5) is 35.5. The second-order valence-electron chi connectivity index (χ2n) is 9.98. The van der Waals surface area contributed by atoms with Crippen LogP contribution in [0.4, 0.5) is 0 Å². The summed E-state index contributed by atoms with van der Waals surface area (Å²) in [6, 6.07) is 2.95. The number of unbranched alkanes of at least 4 members (excludes halogenated alkanes) is 1. The molecule has 1 aromatic rings. The van der Waals surface area contributed by atoms with Crippen molar-refractivity contribution in [2.24, 2.45) is 5.92 Å². The fraction of sp³-hybridized carbons (Fsp3) is 0.720. The summed E-state index contributed by atoms with van der Waals surface area (Å²) in [5.41, 5.74) is 0.266. The Labute approximate surface area is 226 Å². The van der Waals surface area contributed by atoms with Crippen molar-refractivity contribution in [1.29, 1.82) is 0 Å². The third-order valence-corrected chi connectivity index (χ3v) is 8.07. The second-order valence-corrected chi connectivity index (χ2v) is 10.4. The summed E-state index contributed by atoms with van der Waals surface area (Å²) in [6.45, 7) is 4.85. The van der Waals surface area contributed by atoms with Crippen LogP contribution >= 0.6 is 36.4 Å². The predicted molar refractivity (Wildman–Crippen MR) is 142 cm³/mol. The largest absolute Gasteiger partial charge is 0.390 e. The molecule has 2 saturated heterocycles. The van der Waals surface area contributed by atoms with Gasteiger partial charge in [-0.25, -0.2) is 4.98 Å². The highest BCUT2D eigenvalue weighted by molar-refractivity contribution is 6.29. The summed E-state index contributed by atoms with van der Waals surface area (Å²) in [5.74, 6) is -0.104. The number of nitrogens with one attached hydrogen (secondary N) is 1. The van der Waals surface area contributed by atoms with Gasteiger partial charge in [0.15, 0.2) is 0 Å². The zero-order valence-corrected chi connectivity index (χ0v) is 22.8. The van der Waals surface area contributed by atoms with Gasteiger partial charge in [0.25, 0.3) is 0 Å². The highest BCUT2D eigenvalue weighted by atomic mass is 35.5. The first kappa shape index (κ1) is 30.1. The lowest BCUT2D eigenvalue weighted by Gasteiger charge is -2.52. The first-order chi connectivity index (χ1) is 15.9. The Morgan fingerprint density at radius 1 is 1.17 bits per heavy atom. The highest BCUT2D eigenvalue weighted by Gasteiger charge is 2.55. The number of aliphatic hydroxyl groups excluding tert-OH is 1. The summed E-state index contributed by atoms with van der Waals surface area (Å²) >= 11 is 5.90. The molecule has 198 valence electrons. The van der Waals surface area contributed by atoms with Crippen LogP contribution in [0, 0.1) is 5.92 Å². The van der Waals surface area contributed by atoms with Gasteiger partial charge in [0.1, 0.15) is 16.7 Å². The molecule has 2 atom stereocenters. The number of aliphatic hydroxyl groups is 1. The molecule has 0 radical (unpaired) electrons. The van der Waals surface area contributed by atoms with Gasteiger partial charge < -0.3 is 15.3 Å². The second kappa shape index (κ2) is 13.4. The van der Waals surface area contributed by atoms with Gasteiger partial charge in [-0.2, -0.15) is 0 Å². The molecule has 2 aliphatic heterocycles. The third kappa shape index (κ3) is 6.61. The van der Waals surface area contributed by atoms with Crippen molar-refractivity contribution in [3.05, 3.63) is 29.0 Å². The number of rotatable bonds is 7. The van der Waals surface area contributed by atoms with Crippen LogP contribution in [0.25, 0.3) is 0 Å². The summed E-state index contributed by atoms with van der Waals surface area (Å²) in [7, 11) is 0. The van der Waals surface area contributed by atoms with E-state index in [1.807, 2.05) is 11.0 Å². The molecule has 0 bridgehead atoms.